The molecular formula is C5H13N2O. The molecule has 0 rings (SSSR count). The number of hydrogen-bond donors (Lipinski definition) is 2. The van der Waals surface area contributed by atoms with E-state index in [4.69, 9.17) is 5.73 Å². The van der Waals surface area contributed by atoms with Crippen molar-refractivity contribution >= 4 is 0 Å². The summed E-state index contributed by atoms with van der Waals surface area (Å²) >= 11 is 0. The molecule has 3 N–H and O–H groups in total. The van der Waals surface area contributed by atoms with Crippen LogP contribution in [0, 0.1) is 0 Å². The van der Waals surface area contributed by atoms with E-state index in [9.17, 15) is 5.11 Å². The molecule has 0 saturated carbocycles. The van der Waals surface area contributed by atoms with Gasteiger partial charge in [0.15, 0.2) is 0 Å². The van der Waals surface area contributed by atoms with Crippen molar-refractivity contribution in [2.45, 2.75) is 13.0 Å². The molecule has 0 aromatic carbocycles. The van der Waals surface area contributed by atoms with Crippen LogP contribution in [-0.4, -0.2) is 25.7 Å². The monoisotopic (exact) mass is 117 g/mol. The quantitative estimate of drug-likeness (QED) is 0.514. The van der Waals surface area contributed by atoms with Crippen LogP contribution in [0.15, 0.2) is 0 Å². The second kappa shape index (κ2) is 5.03. The normalized spacial score (nSPS) is 13.9. The van der Waals surface area contributed by atoms with Crippen LogP contribution in [-0.2, 0) is 5.11 Å². The minimum Gasteiger partial charge on any atom is -0.329 e. The van der Waals surface area contributed by atoms with Crippen molar-refractivity contribution in [2.75, 3.05) is 19.7 Å². The summed E-state index contributed by atoms with van der Waals surface area (Å²) in [5, 5.41) is 13.0. The Hall–Kier alpha value is -0.120. The SMILES string of the molecule is CC(C[O])NCCN. The maximum atomic E-state index is 10.0. The average molecular weight is 117 g/mol. The van der Waals surface area contributed by atoms with Crippen molar-refractivity contribution in [3.05, 3.63) is 0 Å². The lowest BCUT2D eigenvalue weighted by atomic mass is 10.4. The Morgan fingerprint density at radius 2 is 2.38 bits per heavy atom. The molecule has 0 aliphatic carbocycles. The summed E-state index contributed by atoms with van der Waals surface area (Å²) in [6.07, 6.45) is 0. The fourth-order valence-electron chi connectivity index (χ4n) is 0.389. The van der Waals surface area contributed by atoms with Gasteiger partial charge in [-0.15, -0.1) is 0 Å². The van der Waals surface area contributed by atoms with E-state index in [2.05, 4.69) is 5.32 Å². The third kappa shape index (κ3) is 4.05. The Morgan fingerprint density at radius 1 is 1.75 bits per heavy atom. The van der Waals surface area contributed by atoms with Crippen molar-refractivity contribution < 1.29 is 5.11 Å². The summed E-state index contributed by atoms with van der Waals surface area (Å²) in [5.74, 6) is 0. The zero-order valence-corrected chi connectivity index (χ0v) is 5.18. The molecule has 8 heavy (non-hydrogen) atoms. The average Bonchev–Trinajstić information content (AvgIpc) is 1.83. The highest BCUT2D eigenvalue weighted by molar-refractivity contribution is 4.56. The van der Waals surface area contributed by atoms with E-state index >= 15 is 0 Å². The summed E-state index contributed by atoms with van der Waals surface area (Å²) in [5.41, 5.74) is 5.17. The lowest BCUT2D eigenvalue weighted by molar-refractivity contribution is 0.165. The van der Waals surface area contributed by atoms with E-state index < -0.39 is 0 Å². The minimum absolute atomic E-state index is 0.0681. The number of hydrogen-bond acceptors (Lipinski definition) is 2. The summed E-state index contributed by atoms with van der Waals surface area (Å²) < 4.78 is 0. The van der Waals surface area contributed by atoms with Gasteiger partial charge >= 0.3 is 0 Å². The Balaban J connectivity index is 2.86. The van der Waals surface area contributed by atoms with E-state index in [0.29, 0.717) is 6.54 Å². The molecule has 0 saturated heterocycles. The summed E-state index contributed by atoms with van der Waals surface area (Å²) in [4.78, 5) is 0. The Labute approximate surface area is 49.9 Å². The molecule has 0 heterocycles. The van der Waals surface area contributed by atoms with Crippen molar-refractivity contribution in [3.8, 4) is 0 Å². The van der Waals surface area contributed by atoms with Gasteiger partial charge in [0.05, 0.1) is 6.61 Å². The topological polar surface area (TPSA) is 58.0 Å². The second-order valence-corrected chi connectivity index (χ2v) is 1.81. The molecular weight excluding hydrogens is 104 g/mol. The van der Waals surface area contributed by atoms with Crippen LogP contribution in [0.25, 0.3) is 0 Å². The fourth-order valence-corrected chi connectivity index (χ4v) is 0.389. The standard InChI is InChI=1S/C5H13N2O/c1-5(4-8)7-3-2-6/h5,7H,2-4,6H2,1H3. The number of nitrogens with two attached hydrogens (primary N) is 1. The van der Waals surface area contributed by atoms with Gasteiger partial charge in [-0.2, -0.15) is 0 Å². The van der Waals surface area contributed by atoms with Crippen LogP contribution in [0.3, 0.4) is 0 Å². The first-order valence-corrected chi connectivity index (χ1v) is 2.82. The van der Waals surface area contributed by atoms with Gasteiger partial charge in [0.1, 0.15) is 0 Å². The molecule has 0 aromatic rings. The molecule has 0 spiro atoms. The van der Waals surface area contributed by atoms with Crippen molar-refractivity contribution in [1.82, 2.24) is 5.32 Å². The van der Waals surface area contributed by atoms with Gasteiger partial charge in [-0.3, -0.25) is 0 Å². The zero-order valence-electron chi connectivity index (χ0n) is 5.18. The predicted octanol–water partition coefficient (Wildman–Crippen LogP) is -0.646. The molecule has 1 radical (unpaired) electrons. The molecule has 0 aliphatic heterocycles. The molecule has 1 atom stereocenters. The molecule has 3 heteroatoms. The highest BCUT2D eigenvalue weighted by Crippen LogP contribution is 1.74. The molecule has 0 fully saturated rings. The molecule has 1 unspecified atom stereocenters. The summed E-state index contributed by atoms with van der Waals surface area (Å²) in [7, 11) is 0. The van der Waals surface area contributed by atoms with Crippen molar-refractivity contribution in [1.29, 1.82) is 0 Å². The molecule has 3 nitrogen and oxygen atoms in total. The van der Waals surface area contributed by atoms with Gasteiger partial charge in [0.2, 0.25) is 0 Å². The molecule has 49 valence electrons. The van der Waals surface area contributed by atoms with E-state index in [1.807, 2.05) is 6.92 Å². The molecule has 0 aromatic heterocycles. The van der Waals surface area contributed by atoms with Gasteiger partial charge < -0.3 is 11.1 Å². The van der Waals surface area contributed by atoms with E-state index in [1.54, 1.807) is 0 Å². The predicted molar refractivity (Wildman–Crippen MR) is 32.1 cm³/mol. The lowest BCUT2D eigenvalue weighted by Gasteiger charge is -2.06. The van der Waals surface area contributed by atoms with Crippen LogP contribution in [0.1, 0.15) is 6.92 Å². The van der Waals surface area contributed by atoms with Crippen LogP contribution < -0.4 is 11.1 Å². The molecule has 0 bridgehead atoms. The van der Waals surface area contributed by atoms with Gasteiger partial charge in [-0.1, -0.05) is 0 Å². The van der Waals surface area contributed by atoms with Crippen molar-refractivity contribution in [3.63, 3.8) is 0 Å². The lowest BCUT2D eigenvalue weighted by Crippen LogP contribution is -2.33. The van der Waals surface area contributed by atoms with E-state index in [-0.39, 0.29) is 12.6 Å². The Bertz CT molecular complexity index is 49.7. The fraction of sp³-hybridized carbons (Fsp3) is 1.00. The molecule has 0 amide bonds. The van der Waals surface area contributed by atoms with E-state index in [1.165, 1.54) is 0 Å². The van der Waals surface area contributed by atoms with E-state index in [0.717, 1.165) is 6.54 Å². The third-order valence-electron chi connectivity index (χ3n) is 0.887. The first kappa shape index (κ1) is 7.88. The number of nitrogens with one attached hydrogen (secondary N) is 1. The maximum Gasteiger partial charge on any atom is 0.0972 e. The Morgan fingerprint density at radius 3 is 2.75 bits per heavy atom. The zero-order chi connectivity index (χ0) is 6.41. The van der Waals surface area contributed by atoms with Crippen molar-refractivity contribution in [2.24, 2.45) is 5.73 Å². The van der Waals surface area contributed by atoms with Gasteiger partial charge in [0.25, 0.3) is 0 Å². The van der Waals surface area contributed by atoms with Gasteiger partial charge in [-0.05, 0) is 6.92 Å². The third-order valence-corrected chi connectivity index (χ3v) is 0.887. The summed E-state index contributed by atoms with van der Waals surface area (Å²) in [6.45, 7) is 3.12. The first-order valence-electron chi connectivity index (χ1n) is 2.82. The van der Waals surface area contributed by atoms with Crippen LogP contribution >= 0.6 is 0 Å². The second-order valence-electron chi connectivity index (χ2n) is 1.81. The maximum absolute atomic E-state index is 10.0. The smallest absolute Gasteiger partial charge is 0.0972 e. The minimum atomic E-state index is -0.0694. The largest absolute Gasteiger partial charge is 0.329 e. The van der Waals surface area contributed by atoms with Gasteiger partial charge in [-0.25, -0.2) is 5.11 Å². The first-order chi connectivity index (χ1) is 3.81. The van der Waals surface area contributed by atoms with Crippen LogP contribution in [0.4, 0.5) is 0 Å². The number of rotatable bonds is 4. The Kier molecular flexibility index (Phi) is 4.95. The van der Waals surface area contributed by atoms with Crippen LogP contribution in [0.5, 0.6) is 0 Å². The molecule has 0 aliphatic rings. The summed E-state index contributed by atoms with van der Waals surface area (Å²) in [6, 6.07) is 0.0681. The van der Waals surface area contributed by atoms with Crippen LogP contribution in [0.2, 0.25) is 0 Å². The highest BCUT2D eigenvalue weighted by atomic mass is 16.3. The highest BCUT2D eigenvalue weighted by Gasteiger charge is 1.94. The van der Waals surface area contributed by atoms with Gasteiger partial charge in [0, 0.05) is 19.1 Å².